The topological polar surface area (TPSA) is 0 Å². The Balaban J connectivity index is 2.68. The van der Waals surface area contributed by atoms with E-state index in [1.807, 2.05) is 43.4 Å². The van der Waals surface area contributed by atoms with Gasteiger partial charge in [0.2, 0.25) is 0 Å². The Labute approximate surface area is 98.3 Å². The van der Waals surface area contributed by atoms with Gasteiger partial charge in [-0.15, -0.1) is 0 Å². The molecule has 0 unspecified atom stereocenters. The van der Waals surface area contributed by atoms with Crippen molar-refractivity contribution in [1.82, 2.24) is 0 Å². The Kier molecular flexibility index (Phi) is 5.07. The number of rotatable bonds is 4. The van der Waals surface area contributed by atoms with Crippen LogP contribution in [0.3, 0.4) is 0 Å². The molecule has 0 aromatic heterocycles. The summed E-state index contributed by atoms with van der Waals surface area (Å²) in [5.41, 5.74) is 3.43. The number of benzene rings is 1. The largest absolute Gasteiger partial charge is 0.0915 e. The lowest BCUT2D eigenvalue weighted by atomic mass is 10.1. The molecule has 0 saturated carbocycles. The van der Waals surface area contributed by atoms with Gasteiger partial charge in [-0.1, -0.05) is 67.3 Å². The maximum absolute atomic E-state index is 4.03. The van der Waals surface area contributed by atoms with Crippen LogP contribution in [0, 0.1) is 0 Å². The highest BCUT2D eigenvalue weighted by molar-refractivity contribution is 5.55. The van der Waals surface area contributed by atoms with E-state index in [0.717, 1.165) is 5.57 Å². The highest BCUT2D eigenvalue weighted by Gasteiger charge is 1.90. The third kappa shape index (κ3) is 4.14. The molecule has 1 aromatic rings. The molecule has 0 fully saturated rings. The van der Waals surface area contributed by atoms with Crippen LogP contribution in [0.25, 0.3) is 6.08 Å². The van der Waals surface area contributed by atoms with Gasteiger partial charge in [-0.2, -0.15) is 0 Å². The van der Waals surface area contributed by atoms with Gasteiger partial charge in [-0.05, 0) is 30.6 Å². The van der Waals surface area contributed by atoms with Gasteiger partial charge in [0.25, 0.3) is 0 Å². The summed E-state index contributed by atoms with van der Waals surface area (Å²) in [6.07, 6.45) is 10.2. The average molecular weight is 210 g/mol. The van der Waals surface area contributed by atoms with Crippen LogP contribution >= 0.6 is 0 Å². The zero-order valence-electron chi connectivity index (χ0n) is 9.98. The molecule has 82 valence electrons. The van der Waals surface area contributed by atoms with E-state index in [1.165, 1.54) is 11.1 Å². The lowest BCUT2D eigenvalue weighted by Crippen LogP contribution is -1.78. The predicted octanol–water partition coefficient (Wildman–Crippen LogP) is 4.78. The molecule has 0 heterocycles. The summed E-state index contributed by atoms with van der Waals surface area (Å²) in [6, 6.07) is 10.2. The van der Waals surface area contributed by atoms with E-state index in [-0.39, 0.29) is 0 Å². The fraction of sp³-hybridized carbons (Fsp3) is 0.125. The monoisotopic (exact) mass is 210 g/mol. The minimum Gasteiger partial charge on any atom is -0.0915 e. The van der Waals surface area contributed by atoms with Gasteiger partial charge in [-0.3, -0.25) is 0 Å². The van der Waals surface area contributed by atoms with Crippen molar-refractivity contribution in [3.05, 3.63) is 77.9 Å². The van der Waals surface area contributed by atoms with E-state index in [2.05, 4.69) is 37.8 Å². The van der Waals surface area contributed by atoms with Gasteiger partial charge in [0.15, 0.2) is 0 Å². The van der Waals surface area contributed by atoms with Crippen molar-refractivity contribution in [1.29, 1.82) is 0 Å². The van der Waals surface area contributed by atoms with E-state index in [4.69, 9.17) is 0 Å². The molecule has 1 rings (SSSR count). The lowest BCUT2D eigenvalue weighted by Gasteiger charge is -1.98. The first-order chi connectivity index (χ1) is 7.74. The molecular weight excluding hydrogens is 192 g/mol. The Bertz CT molecular complexity index is 417. The minimum absolute atomic E-state index is 1.04. The van der Waals surface area contributed by atoms with Crippen molar-refractivity contribution < 1.29 is 0 Å². The summed E-state index contributed by atoms with van der Waals surface area (Å²) in [4.78, 5) is 0. The Hall–Kier alpha value is -1.82. The first kappa shape index (κ1) is 12.3. The van der Waals surface area contributed by atoms with Crippen molar-refractivity contribution in [3.63, 3.8) is 0 Å². The van der Waals surface area contributed by atoms with Crippen LogP contribution in [0.5, 0.6) is 0 Å². The molecular formula is C16H18. The third-order valence-electron chi connectivity index (χ3n) is 2.32. The van der Waals surface area contributed by atoms with Crippen LogP contribution in [-0.2, 0) is 0 Å². The molecule has 0 atom stereocenters. The van der Waals surface area contributed by atoms with Crippen LogP contribution in [0.4, 0.5) is 0 Å². The molecule has 16 heavy (non-hydrogen) atoms. The second-order valence-corrected chi connectivity index (χ2v) is 3.64. The summed E-state index contributed by atoms with van der Waals surface area (Å²) in [5.74, 6) is 0. The molecule has 0 saturated heterocycles. The molecule has 0 heteroatoms. The number of hydrogen-bond donors (Lipinski definition) is 0. The summed E-state index contributed by atoms with van der Waals surface area (Å²) in [7, 11) is 0. The molecule has 1 aromatic carbocycles. The van der Waals surface area contributed by atoms with Gasteiger partial charge < -0.3 is 0 Å². The molecule has 0 aliphatic heterocycles. The van der Waals surface area contributed by atoms with E-state index < -0.39 is 0 Å². The highest BCUT2D eigenvalue weighted by atomic mass is 14.0. The first-order valence-corrected chi connectivity index (χ1v) is 5.46. The quantitative estimate of drug-likeness (QED) is 0.627. The van der Waals surface area contributed by atoms with Crippen LogP contribution in [0.15, 0.2) is 72.4 Å². The summed E-state index contributed by atoms with van der Waals surface area (Å²) in [6.45, 7) is 8.11. The van der Waals surface area contributed by atoms with Crippen molar-refractivity contribution >= 4 is 6.08 Å². The smallest absolute Gasteiger partial charge is 0.0256 e. The predicted molar refractivity (Wildman–Crippen MR) is 73.2 cm³/mol. The van der Waals surface area contributed by atoms with E-state index in [9.17, 15) is 0 Å². The Morgan fingerprint density at radius 3 is 2.50 bits per heavy atom. The SMILES string of the molecule is C=C(/C=C\c1ccccc1)/C(C)=C/C=C\C. The molecule has 0 spiro atoms. The summed E-state index contributed by atoms with van der Waals surface area (Å²) >= 11 is 0. The maximum Gasteiger partial charge on any atom is -0.0256 e. The van der Waals surface area contributed by atoms with Crippen LogP contribution in [0.2, 0.25) is 0 Å². The molecule has 0 amide bonds. The first-order valence-electron chi connectivity index (χ1n) is 5.46. The normalized spacial score (nSPS) is 12.5. The molecule has 0 bridgehead atoms. The van der Waals surface area contributed by atoms with Gasteiger partial charge >= 0.3 is 0 Å². The van der Waals surface area contributed by atoms with Crippen LogP contribution in [0.1, 0.15) is 19.4 Å². The van der Waals surface area contributed by atoms with Crippen molar-refractivity contribution in [2.45, 2.75) is 13.8 Å². The average Bonchev–Trinajstić information content (AvgIpc) is 2.34. The minimum atomic E-state index is 1.04. The fourth-order valence-electron chi connectivity index (χ4n) is 1.24. The summed E-state index contributed by atoms with van der Waals surface area (Å²) < 4.78 is 0. The zero-order chi connectivity index (χ0) is 11.8. The lowest BCUT2D eigenvalue weighted by molar-refractivity contribution is 1.44. The third-order valence-corrected chi connectivity index (χ3v) is 2.32. The fourth-order valence-corrected chi connectivity index (χ4v) is 1.24. The van der Waals surface area contributed by atoms with Crippen LogP contribution in [-0.4, -0.2) is 0 Å². The van der Waals surface area contributed by atoms with Gasteiger partial charge in [-0.25, -0.2) is 0 Å². The van der Waals surface area contributed by atoms with Gasteiger partial charge in [0.1, 0.15) is 0 Å². The molecule has 0 nitrogen and oxygen atoms in total. The van der Waals surface area contributed by atoms with E-state index in [1.54, 1.807) is 0 Å². The Morgan fingerprint density at radius 2 is 1.88 bits per heavy atom. The van der Waals surface area contributed by atoms with Crippen molar-refractivity contribution in [2.75, 3.05) is 0 Å². The van der Waals surface area contributed by atoms with E-state index in [0.29, 0.717) is 0 Å². The van der Waals surface area contributed by atoms with E-state index >= 15 is 0 Å². The van der Waals surface area contributed by atoms with Gasteiger partial charge in [0, 0.05) is 0 Å². The van der Waals surface area contributed by atoms with Gasteiger partial charge in [0.05, 0.1) is 0 Å². The summed E-state index contributed by atoms with van der Waals surface area (Å²) in [5, 5.41) is 0. The molecule has 0 radical (unpaired) electrons. The standard InChI is InChI=1S/C16H18/c1-4-5-9-14(2)15(3)12-13-16-10-7-6-8-11-16/h4-13H,3H2,1-2H3/b5-4-,13-12-,14-9+. The second kappa shape index (κ2) is 6.62. The molecule has 0 aliphatic rings. The Morgan fingerprint density at radius 1 is 1.19 bits per heavy atom. The molecule has 0 aliphatic carbocycles. The van der Waals surface area contributed by atoms with Crippen LogP contribution < -0.4 is 0 Å². The highest BCUT2D eigenvalue weighted by Crippen LogP contribution is 2.11. The number of allylic oxidation sites excluding steroid dienone is 6. The molecule has 0 N–H and O–H groups in total. The zero-order valence-corrected chi connectivity index (χ0v) is 9.98. The second-order valence-electron chi connectivity index (χ2n) is 3.64. The maximum atomic E-state index is 4.03. The number of hydrogen-bond acceptors (Lipinski definition) is 0. The van der Waals surface area contributed by atoms with Crippen molar-refractivity contribution in [3.8, 4) is 0 Å². The van der Waals surface area contributed by atoms with Crippen molar-refractivity contribution in [2.24, 2.45) is 0 Å².